The topological polar surface area (TPSA) is 103 Å². The number of aromatic nitrogens is 1. The predicted octanol–water partition coefficient (Wildman–Crippen LogP) is 3.57. The van der Waals surface area contributed by atoms with Crippen molar-refractivity contribution in [2.45, 2.75) is 40.5 Å². The van der Waals surface area contributed by atoms with Gasteiger partial charge in [-0.05, 0) is 24.5 Å². The van der Waals surface area contributed by atoms with Crippen LogP contribution in [-0.2, 0) is 11.3 Å². The molecule has 0 aliphatic heterocycles. The van der Waals surface area contributed by atoms with Crippen molar-refractivity contribution in [2.75, 3.05) is 6.61 Å². The van der Waals surface area contributed by atoms with Crippen LogP contribution in [0.2, 0.25) is 0 Å². The molecule has 3 N–H and O–H groups in total. The molecule has 0 saturated carbocycles. The Bertz CT molecular complexity index is 767. The maximum absolute atomic E-state index is 12.1. The van der Waals surface area contributed by atoms with Gasteiger partial charge in [-0.2, -0.15) is 10.2 Å². The molecule has 0 spiro atoms. The van der Waals surface area contributed by atoms with E-state index in [1.54, 1.807) is 6.07 Å². The van der Waals surface area contributed by atoms with Crippen LogP contribution in [-0.4, -0.2) is 17.2 Å². The lowest BCUT2D eigenvalue weighted by molar-refractivity contribution is 0.0313. The van der Waals surface area contributed by atoms with E-state index in [1.165, 1.54) is 4.68 Å². The Hall–Kier alpha value is -2.54. The molecule has 0 saturated heterocycles. The number of hydrogen-bond donors (Lipinski definition) is 3. The van der Waals surface area contributed by atoms with Crippen molar-refractivity contribution in [1.82, 2.24) is 10.2 Å². The van der Waals surface area contributed by atoms with E-state index < -0.39 is 5.91 Å². The molecule has 2 rings (SSSR count). The van der Waals surface area contributed by atoms with Crippen LogP contribution in [0.5, 0.6) is 0 Å². The molecule has 0 atom stereocenters. The van der Waals surface area contributed by atoms with Gasteiger partial charge in [-0.1, -0.05) is 51.1 Å². The first-order valence-corrected chi connectivity index (χ1v) is 8.16. The van der Waals surface area contributed by atoms with Crippen molar-refractivity contribution in [3.8, 4) is 0 Å². The molecule has 7 heteroatoms. The standard InChI is InChI=1S/C15H19N5O2.C2H6/c1-3-8-22-18-15(21)12-9-11-7-5-6-10(4-2)13(11)20(19-17)14(12)16;1-2/h5-7,9,16-17H,3-4,8H2,1-2H3,(H,18,21);1-2H3. The maximum atomic E-state index is 12.1. The largest absolute Gasteiger partial charge is 0.282 e. The van der Waals surface area contributed by atoms with Crippen molar-refractivity contribution in [1.29, 1.82) is 10.9 Å². The van der Waals surface area contributed by atoms with Gasteiger partial charge in [-0.3, -0.25) is 15.0 Å². The molecule has 2 aromatic rings. The van der Waals surface area contributed by atoms with Gasteiger partial charge in [-0.15, -0.1) is 0 Å². The molecule has 0 aliphatic rings. The van der Waals surface area contributed by atoms with E-state index in [0.717, 1.165) is 23.8 Å². The fraction of sp³-hybridized carbons (Fsp3) is 0.412. The van der Waals surface area contributed by atoms with Crippen LogP contribution in [0, 0.1) is 10.9 Å². The molecule has 0 unspecified atom stereocenters. The van der Waals surface area contributed by atoms with Gasteiger partial charge in [0.1, 0.15) is 0 Å². The third-order valence-corrected chi connectivity index (χ3v) is 3.33. The number of hydrogen-bond acceptors (Lipinski definition) is 5. The molecular weight excluding hydrogens is 306 g/mol. The number of benzene rings is 1. The monoisotopic (exact) mass is 331 g/mol. The van der Waals surface area contributed by atoms with E-state index in [4.69, 9.17) is 15.8 Å². The number of fused-ring (bicyclic) bond motifs is 1. The number of nitrogens with one attached hydrogen (secondary N) is 3. The molecule has 0 bridgehead atoms. The lowest BCUT2D eigenvalue weighted by atomic mass is 10.1. The third-order valence-electron chi connectivity index (χ3n) is 3.33. The molecule has 24 heavy (non-hydrogen) atoms. The summed E-state index contributed by atoms with van der Waals surface area (Å²) in [6.07, 6.45) is 1.52. The summed E-state index contributed by atoms with van der Waals surface area (Å²) in [5.41, 5.74) is 11.3. The highest BCUT2D eigenvalue weighted by Crippen LogP contribution is 2.19. The summed E-state index contributed by atoms with van der Waals surface area (Å²) in [5.74, 6) is -0.514. The number of amides is 1. The van der Waals surface area contributed by atoms with Crippen molar-refractivity contribution >= 4 is 16.8 Å². The normalized spacial score (nSPS) is 10.0. The number of carbonyl (C=O) groups excluding carboxylic acids is 1. The number of hydroxylamine groups is 1. The van der Waals surface area contributed by atoms with Crippen molar-refractivity contribution in [3.05, 3.63) is 40.9 Å². The molecular formula is C17H25N5O2. The van der Waals surface area contributed by atoms with Crippen molar-refractivity contribution in [2.24, 2.45) is 5.22 Å². The average Bonchev–Trinajstić information content (AvgIpc) is 2.62. The van der Waals surface area contributed by atoms with Crippen LogP contribution in [0.25, 0.3) is 10.9 Å². The van der Waals surface area contributed by atoms with E-state index in [-0.39, 0.29) is 11.1 Å². The third kappa shape index (κ3) is 4.05. The van der Waals surface area contributed by atoms with Gasteiger partial charge in [0, 0.05) is 5.39 Å². The summed E-state index contributed by atoms with van der Waals surface area (Å²) < 4.78 is 1.17. The number of aryl methyl sites for hydroxylation is 1. The molecule has 1 aromatic heterocycles. The fourth-order valence-corrected chi connectivity index (χ4v) is 2.27. The second-order valence-corrected chi connectivity index (χ2v) is 4.81. The van der Waals surface area contributed by atoms with Crippen LogP contribution < -0.4 is 11.0 Å². The molecule has 0 radical (unpaired) electrons. The first-order chi connectivity index (χ1) is 11.6. The van der Waals surface area contributed by atoms with E-state index in [1.807, 2.05) is 45.9 Å². The van der Waals surface area contributed by atoms with Crippen LogP contribution in [0.4, 0.5) is 0 Å². The summed E-state index contributed by atoms with van der Waals surface area (Å²) in [6.45, 7) is 8.32. The average molecular weight is 331 g/mol. The Kier molecular flexibility index (Phi) is 7.77. The van der Waals surface area contributed by atoms with Crippen molar-refractivity contribution in [3.63, 3.8) is 0 Å². The molecule has 1 aromatic carbocycles. The van der Waals surface area contributed by atoms with Gasteiger partial charge in [0.25, 0.3) is 5.91 Å². The van der Waals surface area contributed by atoms with Crippen LogP contribution in [0.1, 0.15) is 50.0 Å². The molecule has 0 aliphatic carbocycles. The highest BCUT2D eigenvalue weighted by Gasteiger charge is 2.15. The molecule has 7 nitrogen and oxygen atoms in total. The van der Waals surface area contributed by atoms with E-state index in [2.05, 4.69) is 10.7 Å². The minimum absolute atomic E-state index is 0.118. The molecule has 0 fully saturated rings. The quantitative estimate of drug-likeness (QED) is 0.428. The molecule has 1 amide bonds. The molecule has 130 valence electrons. The summed E-state index contributed by atoms with van der Waals surface area (Å²) in [7, 11) is 0. The fourth-order valence-electron chi connectivity index (χ4n) is 2.27. The Balaban J connectivity index is 0.00000139. The maximum Gasteiger partial charge on any atom is 0.278 e. The summed E-state index contributed by atoms with van der Waals surface area (Å²) in [4.78, 5) is 17.1. The number of nitrogens with zero attached hydrogens (tertiary/aromatic N) is 2. The van der Waals surface area contributed by atoms with E-state index in [9.17, 15) is 4.79 Å². The Morgan fingerprint density at radius 2 is 2.04 bits per heavy atom. The number of rotatable bonds is 6. The Morgan fingerprint density at radius 1 is 1.33 bits per heavy atom. The minimum atomic E-state index is -0.514. The zero-order valence-electron chi connectivity index (χ0n) is 14.6. The van der Waals surface area contributed by atoms with Crippen LogP contribution >= 0.6 is 0 Å². The van der Waals surface area contributed by atoms with E-state index >= 15 is 0 Å². The Morgan fingerprint density at radius 3 is 2.62 bits per heavy atom. The number of para-hydroxylation sites is 1. The number of carbonyl (C=O) groups is 1. The first-order valence-electron chi connectivity index (χ1n) is 8.16. The van der Waals surface area contributed by atoms with Gasteiger partial charge in [0.2, 0.25) is 0 Å². The lowest BCUT2D eigenvalue weighted by Gasteiger charge is -2.12. The SMILES string of the molecule is CC.CCCONC(=O)c1cc2cccc(CC)c2n(N=N)c1=N. The predicted molar refractivity (Wildman–Crippen MR) is 92.8 cm³/mol. The number of pyridine rings is 1. The van der Waals surface area contributed by atoms with Gasteiger partial charge in [-0.25, -0.2) is 5.48 Å². The highest BCUT2D eigenvalue weighted by molar-refractivity contribution is 5.97. The van der Waals surface area contributed by atoms with Crippen LogP contribution in [0.3, 0.4) is 0 Å². The van der Waals surface area contributed by atoms with Crippen molar-refractivity contribution < 1.29 is 9.63 Å². The van der Waals surface area contributed by atoms with Gasteiger partial charge in [0.15, 0.2) is 5.49 Å². The van der Waals surface area contributed by atoms with Crippen LogP contribution in [0.15, 0.2) is 29.5 Å². The smallest absolute Gasteiger partial charge is 0.278 e. The highest BCUT2D eigenvalue weighted by atomic mass is 16.6. The van der Waals surface area contributed by atoms with Gasteiger partial charge in [0.05, 0.1) is 17.7 Å². The zero-order chi connectivity index (χ0) is 18.1. The molecule has 1 heterocycles. The zero-order valence-corrected chi connectivity index (χ0v) is 14.6. The second-order valence-electron chi connectivity index (χ2n) is 4.81. The summed E-state index contributed by atoms with van der Waals surface area (Å²) in [6, 6.07) is 7.27. The van der Waals surface area contributed by atoms with Gasteiger partial charge < -0.3 is 0 Å². The summed E-state index contributed by atoms with van der Waals surface area (Å²) >= 11 is 0. The lowest BCUT2D eigenvalue weighted by Crippen LogP contribution is -2.32. The summed E-state index contributed by atoms with van der Waals surface area (Å²) in [5, 5.41) is 12.3. The Labute approximate surface area is 141 Å². The van der Waals surface area contributed by atoms with E-state index in [0.29, 0.717) is 12.1 Å². The first kappa shape index (κ1) is 19.5. The second kappa shape index (κ2) is 9.57. The van der Waals surface area contributed by atoms with Gasteiger partial charge >= 0.3 is 0 Å². The minimum Gasteiger partial charge on any atom is -0.282 e.